The Hall–Kier alpha value is -2.30. The highest BCUT2D eigenvalue weighted by Gasteiger charge is 2.30. The number of urea groups is 1. The van der Waals surface area contributed by atoms with Crippen molar-refractivity contribution >= 4 is 11.7 Å². The molecule has 0 spiro atoms. The van der Waals surface area contributed by atoms with Gasteiger partial charge in [-0.15, -0.1) is 0 Å². The maximum Gasteiger partial charge on any atom is 0.324 e. The summed E-state index contributed by atoms with van der Waals surface area (Å²) in [5, 5.41) is 0. The summed E-state index contributed by atoms with van der Waals surface area (Å²) in [6.45, 7) is 7.08. The molecule has 0 unspecified atom stereocenters. The molecule has 2 amide bonds. The van der Waals surface area contributed by atoms with Gasteiger partial charge in [0.2, 0.25) is 0 Å². The highest BCUT2D eigenvalue weighted by molar-refractivity contribution is 5.94. The van der Waals surface area contributed by atoms with Crippen LogP contribution < -0.4 is 4.90 Å². The summed E-state index contributed by atoms with van der Waals surface area (Å²) in [5.74, 6) is 0. The van der Waals surface area contributed by atoms with Gasteiger partial charge in [0.05, 0.1) is 24.3 Å². The number of carbonyl (C=O) groups is 1. The van der Waals surface area contributed by atoms with E-state index in [0.29, 0.717) is 6.54 Å². The first kappa shape index (κ1) is 13.7. The smallest absolute Gasteiger partial charge is 0.324 e. The summed E-state index contributed by atoms with van der Waals surface area (Å²) >= 11 is 0. The van der Waals surface area contributed by atoms with E-state index >= 15 is 0 Å². The van der Waals surface area contributed by atoms with Crippen molar-refractivity contribution in [2.45, 2.75) is 26.9 Å². The summed E-state index contributed by atoms with van der Waals surface area (Å²) in [4.78, 5) is 20.6. The van der Waals surface area contributed by atoms with E-state index in [-0.39, 0.29) is 6.03 Å². The molecule has 0 aliphatic carbocycles. The van der Waals surface area contributed by atoms with E-state index < -0.39 is 0 Å². The fourth-order valence-electron chi connectivity index (χ4n) is 2.74. The van der Waals surface area contributed by atoms with Crippen LogP contribution >= 0.6 is 0 Å². The third-order valence-electron chi connectivity index (χ3n) is 4.00. The topological polar surface area (TPSA) is 41.4 Å². The first-order chi connectivity index (χ1) is 10.2. The second kappa shape index (κ2) is 5.60. The average Bonchev–Trinajstić information content (AvgIpc) is 3.05. The molecule has 3 rings (SSSR count). The second-order valence-corrected chi connectivity index (χ2v) is 5.25. The maximum absolute atomic E-state index is 12.6. The van der Waals surface area contributed by atoms with E-state index in [2.05, 4.69) is 16.5 Å². The lowest BCUT2D eigenvalue weighted by Crippen LogP contribution is -2.32. The predicted octanol–water partition coefficient (Wildman–Crippen LogP) is 2.65. The number of carbonyl (C=O) groups excluding carboxylic acids is 1. The van der Waals surface area contributed by atoms with E-state index in [1.807, 2.05) is 53.4 Å². The lowest BCUT2D eigenvalue weighted by Gasteiger charge is -2.19. The van der Waals surface area contributed by atoms with Gasteiger partial charge in [0.15, 0.2) is 0 Å². The largest absolute Gasteiger partial charge is 0.333 e. The van der Waals surface area contributed by atoms with Crippen LogP contribution in [0.1, 0.15) is 18.3 Å². The van der Waals surface area contributed by atoms with E-state index in [1.165, 1.54) is 0 Å². The molecule has 1 aromatic carbocycles. The molecule has 0 saturated carbocycles. The summed E-state index contributed by atoms with van der Waals surface area (Å²) in [6.07, 6.45) is 1.85. The number of anilines is 1. The Balaban J connectivity index is 1.77. The molecule has 1 aromatic heterocycles. The number of hydrogen-bond acceptors (Lipinski definition) is 2. The maximum atomic E-state index is 12.6. The Labute approximate surface area is 124 Å². The van der Waals surface area contributed by atoms with Crippen LogP contribution in [0.15, 0.2) is 36.7 Å². The summed E-state index contributed by atoms with van der Waals surface area (Å²) < 4.78 is 2.10. The van der Waals surface area contributed by atoms with Gasteiger partial charge in [-0.3, -0.25) is 4.90 Å². The van der Waals surface area contributed by atoms with E-state index in [0.717, 1.165) is 36.7 Å². The minimum Gasteiger partial charge on any atom is -0.333 e. The SMILES string of the molecule is CCn1cnc(C)c1CN1CCN(c2ccccc2)C1=O. The van der Waals surface area contributed by atoms with Crippen LogP contribution in [0, 0.1) is 6.92 Å². The molecule has 1 aliphatic heterocycles. The normalized spacial score (nSPS) is 15.0. The molecule has 5 nitrogen and oxygen atoms in total. The van der Waals surface area contributed by atoms with Gasteiger partial charge in [0.1, 0.15) is 0 Å². The van der Waals surface area contributed by atoms with Gasteiger partial charge in [-0.2, -0.15) is 0 Å². The molecular weight excluding hydrogens is 264 g/mol. The Morgan fingerprint density at radius 3 is 2.67 bits per heavy atom. The third kappa shape index (κ3) is 2.51. The first-order valence-electron chi connectivity index (χ1n) is 7.32. The van der Waals surface area contributed by atoms with Gasteiger partial charge in [-0.25, -0.2) is 9.78 Å². The summed E-state index contributed by atoms with van der Waals surface area (Å²) in [6, 6.07) is 9.91. The van der Waals surface area contributed by atoms with Crippen LogP contribution in [0.5, 0.6) is 0 Å². The number of amides is 2. The molecule has 0 radical (unpaired) electrons. The number of hydrogen-bond donors (Lipinski definition) is 0. The quantitative estimate of drug-likeness (QED) is 0.866. The highest BCUT2D eigenvalue weighted by Crippen LogP contribution is 2.21. The van der Waals surface area contributed by atoms with Gasteiger partial charge in [-0.05, 0) is 26.0 Å². The number of para-hydroxylation sites is 1. The molecule has 1 fully saturated rings. The van der Waals surface area contributed by atoms with Crippen molar-refractivity contribution in [3.05, 3.63) is 48.0 Å². The minimum atomic E-state index is 0.0736. The van der Waals surface area contributed by atoms with Crippen molar-refractivity contribution < 1.29 is 4.79 Å². The van der Waals surface area contributed by atoms with Crippen LogP contribution in [-0.2, 0) is 13.1 Å². The van der Waals surface area contributed by atoms with Crippen LogP contribution in [0.25, 0.3) is 0 Å². The molecule has 0 atom stereocenters. The number of benzene rings is 1. The zero-order chi connectivity index (χ0) is 14.8. The number of rotatable bonds is 4. The molecule has 2 aromatic rings. The van der Waals surface area contributed by atoms with E-state index in [4.69, 9.17) is 0 Å². The minimum absolute atomic E-state index is 0.0736. The lowest BCUT2D eigenvalue weighted by molar-refractivity contribution is 0.217. The molecule has 0 N–H and O–H groups in total. The van der Waals surface area contributed by atoms with Gasteiger partial charge >= 0.3 is 6.03 Å². The molecule has 1 aliphatic rings. The fourth-order valence-corrected chi connectivity index (χ4v) is 2.74. The zero-order valence-corrected chi connectivity index (χ0v) is 12.5. The van der Waals surface area contributed by atoms with Crippen LogP contribution in [0.4, 0.5) is 10.5 Å². The number of imidazole rings is 1. The van der Waals surface area contributed by atoms with Crippen molar-refractivity contribution in [3.8, 4) is 0 Å². The number of aromatic nitrogens is 2. The number of nitrogens with zero attached hydrogens (tertiary/aromatic N) is 4. The van der Waals surface area contributed by atoms with Gasteiger partial charge < -0.3 is 9.47 Å². The van der Waals surface area contributed by atoms with Crippen molar-refractivity contribution in [3.63, 3.8) is 0 Å². The molecule has 21 heavy (non-hydrogen) atoms. The molecule has 0 bridgehead atoms. The Bertz CT molecular complexity index is 635. The van der Waals surface area contributed by atoms with Crippen molar-refractivity contribution in [2.75, 3.05) is 18.0 Å². The first-order valence-corrected chi connectivity index (χ1v) is 7.32. The Morgan fingerprint density at radius 1 is 1.19 bits per heavy atom. The van der Waals surface area contributed by atoms with Crippen LogP contribution in [0.2, 0.25) is 0 Å². The van der Waals surface area contributed by atoms with Gasteiger partial charge in [0.25, 0.3) is 0 Å². The van der Waals surface area contributed by atoms with Crippen molar-refractivity contribution in [1.82, 2.24) is 14.5 Å². The molecule has 2 heterocycles. The van der Waals surface area contributed by atoms with E-state index in [9.17, 15) is 4.79 Å². The van der Waals surface area contributed by atoms with Gasteiger partial charge in [-0.1, -0.05) is 18.2 Å². The predicted molar refractivity (Wildman–Crippen MR) is 82.2 cm³/mol. The molecule has 1 saturated heterocycles. The monoisotopic (exact) mass is 284 g/mol. The molecular formula is C16H20N4O. The highest BCUT2D eigenvalue weighted by atomic mass is 16.2. The molecule has 5 heteroatoms. The van der Waals surface area contributed by atoms with Gasteiger partial charge in [0, 0.05) is 25.3 Å². The standard InChI is InChI=1S/C16H20N4O/c1-3-18-12-17-13(2)15(18)11-19-9-10-20(16(19)21)14-7-5-4-6-8-14/h4-8,12H,3,9-11H2,1-2H3. The van der Waals surface area contributed by atoms with Crippen LogP contribution in [-0.4, -0.2) is 33.6 Å². The second-order valence-electron chi connectivity index (χ2n) is 5.25. The summed E-state index contributed by atoms with van der Waals surface area (Å²) in [7, 11) is 0. The molecule has 110 valence electrons. The number of aryl methyl sites for hydroxylation is 2. The van der Waals surface area contributed by atoms with E-state index in [1.54, 1.807) is 0 Å². The van der Waals surface area contributed by atoms with Crippen molar-refractivity contribution in [2.24, 2.45) is 0 Å². The Morgan fingerprint density at radius 2 is 1.95 bits per heavy atom. The third-order valence-corrected chi connectivity index (χ3v) is 4.00. The van der Waals surface area contributed by atoms with Crippen molar-refractivity contribution in [1.29, 1.82) is 0 Å². The summed E-state index contributed by atoms with van der Waals surface area (Å²) in [5.41, 5.74) is 3.09. The Kier molecular flexibility index (Phi) is 3.64. The fraction of sp³-hybridized carbons (Fsp3) is 0.375. The lowest BCUT2D eigenvalue weighted by atomic mass is 10.3. The van der Waals surface area contributed by atoms with Crippen LogP contribution in [0.3, 0.4) is 0 Å². The average molecular weight is 284 g/mol. The zero-order valence-electron chi connectivity index (χ0n) is 12.5.